The van der Waals surface area contributed by atoms with Crippen LogP contribution in [0.15, 0.2) is 48.7 Å². The van der Waals surface area contributed by atoms with Gasteiger partial charge < -0.3 is 4.40 Å². The van der Waals surface area contributed by atoms with Crippen molar-refractivity contribution in [2.24, 2.45) is 0 Å². The molecule has 0 radical (unpaired) electrons. The fourth-order valence-electron chi connectivity index (χ4n) is 2.69. The summed E-state index contributed by atoms with van der Waals surface area (Å²) < 4.78 is 2.29. The van der Waals surface area contributed by atoms with Crippen LogP contribution in [0, 0.1) is 6.92 Å². The van der Waals surface area contributed by atoms with Crippen LogP contribution in [0.25, 0.3) is 27.2 Å². The van der Waals surface area contributed by atoms with Gasteiger partial charge in [-0.2, -0.15) is 0 Å². The Hall–Kier alpha value is -2.02. The first-order valence-corrected chi connectivity index (χ1v) is 5.56. The molecule has 0 aliphatic carbocycles. The number of aryl methyl sites for hydroxylation is 1. The van der Waals surface area contributed by atoms with Crippen molar-refractivity contribution in [3.8, 4) is 0 Å². The first-order valence-electron chi connectivity index (χ1n) is 5.56. The predicted molar refractivity (Wildman–Crippen MR) is 68.3 cm³/mol. The molecular weight excluding hydrogens is 194 g/mol. The van der Waals surface area contributed by atoms with Crippen molar-refractivity contribution < 1.29 is 0 Å². The van der Waals surface area contributed by atoms with Gasteiger partial charge in [-0.15, -0.1) is 0 Å². The van der Waals surface area contributed by atoms with Gasteiger partial charge in [-0.05, 0) is 25.1 Å². The van der Waals surface area contributed by atoms with Gasteiger partial charge in [-0.1, -0.05) is 29.8 Å². The first-order chi connectivity index (χ1) is 7.84. The van der Waals surface area contributed by atoms with Crippen molar-refractivity contribution >= 4 is 27.2 Å². The summed E-state index contributed by atoms with van der Waals surface area (Å²) in [6, 6.07) is 15.4. The monoisotopic (exact) mass is 205 g/mol. The van der Waals surface area contributed by atoms with E-state index in [1.165, 1.54) is 32.8 Å². The maximum Gasteiger partial charge on any atom is 0.0607 e. The minimum atomic E-state index is 1.31. The highest BCUT2D eigenvalue weighted by atomic mass is 14.9. The Labute approximate surface area is 93.3 Å². The molecule has 2 aromatic heterocycles. The molecular formula is C15H11N. The smallest absolute Gasteiger partial charge is 0.0607 e. The lowest BCUT2D eigenvalue weighted by atomic mass is 10.1. The Morgan fingerprint density at radius 1 is 0.938 bits per heavy atom. The zero-order valence-electron chi connectivity index (χ0n) is 9.07. The van der Waals surface area contributed by atoms with E-state index >= 15 is 0 Å². The molecule has 4 aromatic rings. The average molecular weight is 205 g/mol. The minimum absolute atomic E-state index is 1.31. The van der Waals surface area contributed by atoms with Crippen molar-refractivity contribution in [1.82, 2.24) is 4.40 Å². The lowest BCUT2D eigenvalue weighted by Gasteiger charge is -1.94. The van der Waals surface area contributed by atoms with Crippen molar-refractivity contribution in [3.63, 3.8) is 0 Å². The minimum Gasteiger partial charge on any atom is -0.315 e. The van der Waals surface area contributed by atoms with Gasteiger partial charge in [0.1, 0.15) is 0 Å². The molecule has 0 N–H and O–H groups in total. The number of hydrogen-bond donors (Lipinski definition) is 0. The van der Waals surface area contributed by atoms with E-state index in [0.717, 1.165) is 0 Å². The van der Waals surface area contributed by atoms with E-state index in [4.69, 9.17) is 0 Å². The van der Waals surface area contributed by atoms with Crippen LogP contribution >= 0.6 is 0 Å². The van der Waals surface area contributed by atoms with Crippen LogP contribution in [0.2, 0.25) is 0 Å². The standard InChI is InChI=1S/C15H11N/c1-10-5-6-14-13(9-10)12-4-2-3-11-7-8-16(14)15(11)12/h2-9H,1H3. The van der Waals surface area contributed by atoms with Gasteiger partial charge in [0.15, 0.2) is 0 Å². The molecule has 0 unspecified atom stereocenters. The molecule has 0 saturated heterocycles. The number of rotatable bonds is 0. The molecule has 2 heterocycles. The summed E-state index contributed by atoms with van der Waals surface area (Å²) in [5.74, 6) is 0. The Balaban J connectivity index is 2.46. The van der Waals surface area contributed by atoms with Gasteiger partial charge >= 0.3 is 0 Å². The van der Waals surface area contributed by atoms with Crippen LogP contribution in [0.4, 0.5) is 0 Å². The molecule has 0 bridgehead atoms. The molecule has 0 saturated carbocycles. The summed E-state index contributed by atoms with van der Waals surface area (Å²) in [6.45, 7) is 2.15. The maximum absolute atomic E-state index is 2.29. The fourth-order valence-corrected chi connectivity index (χ4v) is 2.69. The van der Waals surface area contributed by atoms with Crippen LogP contribution < -0.4 is 0 Å². The second kappa shape index (κ2) is 2.56. The summed E-state index contributed by atoms with van der Waals surface area (Å²) in [5.41, 5.74) is 3.98. The van der Waals surface area contributed by atoms with E-state index in [1.54, 1.807) is 0 Å². The second-order valence-corrected chi connectivity index (χ2v) is 4.45. The molecule has 4 rings (SSSR count). The SMILES string of the molecule is Cc1ccc2c(c1)c1cccc3ccn2c31. The molecule has 0 aliphatic heterocycles. The summed E-state index contributed by atoms with van der Waals surface area (Å²) in [4.78, 5) is 0. The number of hydrogen-bond acceptors (Lipinski definition) is 0. The third-order valence-electron chi connectivity index (χ3n) is 3.41. The van der Waals surface area contributed by atoms with Crippen molar-refractivity contribution in [3.05, 3.63) is 54.2 Å². The van der Waals surface area contributed by atoms with Gasteiger partial charge in [-0.25, -0.2) is 0 Å². The molecule has 0 atom stereocenters. The molecule has 16 heavy (non-hydrogen) atoms. The highest BCUT2D eigenvalue weighted by Crippen LogP contribution is 2.32. The van der Waals surface area contributed by atoms with Crippen LogP contribution in [0.1, 0.15) is 5.56 Å². The second-order valence-electron chi connectivity index (χ2n) is 4.45. The Kier molecular flexibility index (Phi) is 1.31. The van der Waals surface area contributed by atoms with Crippen LogP contribution in [-0.4, -0.2) is 4.40 Å². The molecule has 0 spiro atoms. The van der Waals surface area contributed by atoms with Crippen LogP contribution in [0.5, 0.6) is 0 Å². The molecule has 0 amide bonds. The fraction of sp³-hybridized carbons (Fsp3) is 0.0667. The number of nitrogens with zero attached hydrogens (tertiary/aromatic N) is 1. The molecule has 0 aliphatic rings. The largest absolute Gasteiger partial charge is 0.315 e. The van der Waals surface area contributed by atoms with E-state index in [-0.39, 0.29) is 0 Å². The van der Waals surface area contributed by atoms with Crippen molar-refractivity contribution in [2.45, 2.75) is 6.92 Å². The predicted octanol–water partition coefficient (Wildman–Crippen LogP) is 3.99. The zero-order valence-corrected chi connectivity index (χ0v) is 9.07. The third-order valence-corrected chi connectivity index (χ3v) is 3.41. The van der Waals surface area contributed by atoms with Gasteiger partial charge in [-0.3, -0.25) is 0 Å². The number of fused-ring (bicyclic) bond motifs is 3. The molecule has 2 aromatic carbocycles. The zero-order chi connectivity index (χ0) is 10.7. The average Bonchev–Trinajstić information content (AvgIpc) is 2.84. The first kappa shape index (κ1) is 8.17. The van der Waals surface area contributed by atoms with E-state index in [0.29, 0.717) is 0 Å². The Morgan fingerprint density at radius 2 is 1.88 bits per heavy atom. The number of para-hydroxylation sites is 1. The highest BCUT2D eigenvalue weighted by Gasteiger charge is 2.10. The van der Waals surface area contributed by atoms with Gasteiger partial charge in [0.05, 0.1) is 11.0 Å². The normalized spacial score (nSPS) is 12.1. The van der Waals surface area contributed by atoms with E-state index in [1.807, 2.05) is 0 Å². The van der Waals surface area contributed by atoms with Gasteiger partial charge in [0.2, 0.25) is 0 Å². The highest BCUT2D eigenvalue weighted by molar-refractivity contribution is 6.14. The number of benzene rings is 2. The summed E-state index contributed by atoms with van der Waals surface area (Å²) in [6.07, 6.45) is 2.16. The van der Waals surface area contributed by atoms with Crippen LogP contribution in [0.3, 0.4) is 0 Å². The van der Waals surface area contributed by atoms with Gasteiger partial charge in [0.25, 0.3) is 0 Å². The molecule has 1 heteroatoms. The van der Waals surface area contributed by atoms with Crippen molar-refractivity contribution in [1.29, 1.82) is 0 Å². The lowest BCUT2D eigenvalue weighted by molar-refractivity contribution is 1.30. The maximum atomic E-state index is 2.29. The van der Waals surface area contributed by atoms with E-state index in [2.05, 4.69) is 60.0 Å². The van der Waals surface area contributed by atoms with Crippen LogP contribution in [-0.2, 0) is 0 Å². The third kappa shape index (κ3) is 0.820. The quantitative estimate of drug-likeness (QED) is 0.409. The topological polar surface area (TPSA) is 4.41 Å². The van der Waals surface area contributed by atoms with E-state index < -0.39 is 0 Å². The lowest BCUT2D eigenvalue weighted by Crippen LogP contribution is -1.76. The Bertz CT molecular complexity index is 808. The number of aromatic nitrogens is 1. The Morgan fingerprint density at radius 3 is 2.81 bits per heavy atom. The van der Waals surface area contributed by atoms with Crippen molar-refractivity contribution in [2.75, 3.05) is 0 Å². The van der Waals surface area contributed by atoms with E-state index in [9.17, 15) is 0 Å². The summed E-state index contributed by atoms with van der Waals surface area (Å²) in [5, 5.41) is 4.05. The molecule has 76 valence electrons. The molecule has 0 fully saturated rings. The summed E-state index contributed by atoms with van der Waals surface area (Å²) >= 11 is 0. The summed E-state index contributed by atoms with van der Waals surface area (Å²) in [7, 11) is 0. The molecule has 1 nitrogen and oxygen atoms in total. The van der Waals surface area contributed by atoms with Gasteiger partial charge in [0, 0.05) is 22.4 Å².